The van der Waals surface area contributed by atoms with E-state index in [9.17, 15) is 4.79 Å². The number of thiazole rings is 1. The minimum absolute atomic E-state index is 0.0109. The highest BCUT2D eigenvalue weighted by atomic mass is 32.1. The van der Waals surface area contributed by atoms with Crippen molar-refractivity contribution < 1.29 is 4.42 Å². The molecule has 5 nitrogen and oxygen atoms in total. The normalized spacial score (nSPS) is 11.3. The van der Waals surface area contributed by atoms with Crippen LogP contribution in [0.2, 0.25) is 0 Å². The molecule has 0 saturated heterocycles. The summed E-state index contributed by atoms with van der Waals surface area (Å²) in [5, 5.41) is 0. The molecule has 0 aliphatic rings. The lowest BCUT2D eigenvalue weighted by Crippen LogP contribution is -2.15. The van der Waals surface area contributed by atoms with Crippen LogP contribution >= 0.6 is 11.3 Å². The molecule has 98 valence electrons. The van der Waals surface area contributed by atoms with E-state index in [1.165, 1.54) is 11.3 Å². The largest absolute Gasteiger partial charge is 0.439 e. The Hall–Kier alpha value is -2.08. The number of hydrogen-bond donors (Lipinski definition) is 1. The van der Waals surface area contributed by atoms with Gasteiger partial charge in [0.15, 0.2) is 5.58 Å². The van der Waals surface area contributed by atoms with Crippen LogP contribution in [0, 0.1) is 13.8 Å². The number of nitrogen functional groups attached to an aromatic ring is 1. The number of aromatic nitrogens is 2. The monoisotopic (exact) mass is 275 g/mol. The number of fused-ring (bicyclic) bond motifs is 1. The highest BCUT2D eigenvalue weighted by molar-refractivity contribution is 7.09. The Morgan fingerprint density at radius 1 is 1.42 bits per heavy atom. The second kappa shape index (κ2) is 4.24. The van der Waals surface area contributed by atoms with Gasteiger partial charge in [-0.05, 0) is 32.0 Å². The smallest absolute Gasteiger partial charge is 0.308 e. The van der Waals surface area contributed by atoms with Crippen LogP contribution in [-0.2, 0) is 6.54 Å². The SMILES string of the molecule is Cc1sc(=O)n(Cc2nc3cc(N)ccc3o2)c1C. The molecule has 0 atom stereocenters. The van der Waals surface area contributed by atoms with Crippen molar-refractivity contribution in [3.05, 3.63) is 44.3 Å². The van der Waals surface area contributed by atoms with E-state index in [4.69, 9.17) is 10.2 Å². The molecule has 0 aliphatic heterocycles. The van der Waals surface area contributed by atoms with Crippen molar-refractivity contribution in [1.82, 2.24) is 9.55 Å². The summed E-state index contributed by atoms with van der Waals surface area (Å²) in [6.07, 6.45) is 0. The Balaban J connectivity index is 2.03. The van der Waals surface area contributed by atoms with E-state index in [1.807, 2.05) is 13.8 Å². The summed E-state index contributed by atoms with van der Waals surface area (Å²) < 4.78 is 7.30. The van der Waals surface area contributed by atoms with Gasteiger partial charge < -0.3 is 10.2 Å². The molecule has 0 saturated carbocycles. The quantitative estimate of drug-likeness (QED) is 0.728. The molecule has 3 rings (SSSR count). The van der Waals surface area contributed by atoms with Crippen LogP contribution < -0.4 is 10.6 Å². The van der Waals surface area contributed by atoms with E-state index in [0.29, 0.717) is 29.2 Å². The Bertz CT molecular complexity index is 813. The fourth-order valence-electron chi connectivity index (χ4n) is 1.97. The Morgan fingerprint density at radius 3 is 2.89 bits per heavy atom. The molecule has 2 heterocycles. The van der Waals surface area contributed by atoms with Crippen molar-refractivity contribution in [3.8, 4) is 0 Å². The average molecular weight is 275 g/mol. The third-order valence-corrected chi connectivity index (χ3v) is 4.12. The molecule has 0 amide bonds. The highest BCUT2D eigenvalue weighted by Gasteiger charge is 2.12. The zero-order chi connectivity index (χ0) is 13.6. The van der Waals surface area contributed by atoms with Crippen LogP contribution in [0.3, 0.4) is 0 Å². The lowest BCUT2D eigenvalue weighted by molar-refractivity contribution is 0.503. The summed E-state index contributed by atoms with van der Waals surface area (Å²) in [7, 11) is 0. The van der Waals surface area contributed by atoms with Crippen LogP contribution in [0.15, 0.2) is 27.4 Å². The first-order valence-corrected chi connectivity index (χ1v) is 6.68. The van der Waals surface area contributed by atoms with Gasteiger partial charge in [0.05, 0.1) is 0 Å². The molecule has 2 N–H and O–H groups in total. The van der Waals surface area contributed by atoms with Gasteiger partial charge in [0, 0.05) is 16.3 Å². The number of nitrogens with zero attached hydrogens (tertiary/aromatic N) is 2. The first-order chi connectivity index (χ1) is 9.04. The standard InChI is InChI=1S/C13H13N3O2S/c1-7-8(2)19-13(17)16(7)6-12-15-10-5-9(14)3-4-11(10)18-12/h3-5H,6,14H2,1-2H3. The maximum atomic E-state index is 11.8. The van der Waals surface area contributed by atoms with Crippen molar-refractivity contribution >= 4 is 28.1 Å². The van der Waals surface area contributed by atoms with E-state index in [1.54, 1.807) is 22.8 Å². The molecule has 1 aromatic carbocycles. The van der Waals surface area contributed by atoms with Gasteiger partial charge >= 0.3 is 4.87 Å². The average Bonchev–Trinajstić information content (AvgIpc) is 2.85. The zero-order valence-electron chi connectivity index (χ0n) is 10.6. The number of rotatable bonds is 2. The molecular formula is C13H13N3O2S. The van der Waals surface area contributed by atoms with Crippen molar-refractivity contribution in [1.29, 1.82) is 0 Å². The van der Waals surface area contributed by atoms with Crippen LogP contribution in [0.4, 0.5) is 5.69 Å². The Labute approximate surface area is 113 Å². The second-order valence-electron chi connectivity index (χ2n) is 4.43. The Kier molecular flexibility index (Phi) is 2.67. The predicted molar refractivity (Wildman–Crippen MR) is 75.6 cm³/mol. The summed E-state index contributed by atoms with van der Waals surface area (Å²) >= 11 is 1.24. The lowest BCUT2D eigenvalue weighted by Gasteiger charge is -2.00. The van der Waals surface area contributed by atoms with Crippen LogP contribution in [0.1, 0.15) is 16.5 Å². The summed E-state index contributed by atoms with van der Waals surface area (Å²) in [5.74, 6) is 0.517. The van der Waals surface area contributed by atoms with Crippen molar-refractivity contribution in [2.24, 2.45) is 0 Å². The zero-order valence-corrected chi connectivity index (χ0v) is 11.5. The lowest BCUT2D eigenvalue weighted by atomic mass is 10.3. The van der Waals surface area contributed by atoms with Gasteiger partial charge in [-0.15, -0.1) is 0 Å². The second-order valence-corrected chi connectivity index (χ2v) is 5.60. The number of aryl methyl sites for hydroxylation is 1. The molecule has 6 heteroatoms. The fraction of sp³-hybridized carbons (Fsp3) is 0.231. The summed E-state index contributed by atoms with van der Waals surface area (Å²) in [5.41, 5.74) is 8.70. The van der Waals surface area contributed by atoms with Crippen molar-refractivity contribution in [2.45, 2.75) is 20.4 Å². The van der Waals surface area contributed by atoms with Gasteiger partial charge in [-0.1, -0.05) is 11.3 Å². The summed E-state index contributed by atoms with van der Waals surface area (Å²) in [6, 6.07) is 5.32. The molecular weight excluding hydrogens is 262 g/mol. The molecule has 0 aliphatic carbocycles. The van der Waals surface area contributed by atoms with Crippen LogP contribution in [0.5, 0.6) is 0 Å². The van der Waals surface area contributed by atoms with Crippen LogP contribution in [0.25, 0.3) is 11.1 Å². The minimum atomic E-state index is 0.0109. The fourth-order valence-corrected chi connectivity index (χ4v) is 2.80. The maximum Gasteiger partial charge on any atom is 0.308 e. The van der Waals surface area contributed by atoms with Gasteiger partial charge in [-0.3, -0.25) is 9.36 Å². The van der Waals surface area contributed by atoms with E-state index < -0.39 is 0 Å². The molecule has 0 unspecified atom stereocenters. The minimum Gasteiger partial charge on any atom is -0.439 e. The van der Waals surface area contributed by atoms with E-state index in [-0.39, 0.29) is 4.87 Å². The molecule has 0 spiro atoms. The first kappa shape index (κ1) is 12.0. The van der Waals surface area contributed by atoms with E-state index in [0.717, 1.165) is 10.6 Å². The third-order valence-electron chi connectivity index (χ3n) is 3.12. The van der Waals surface area contributed by atoms with Gasteiger partial charge in [0.2, 0.25) is 5.89 Å². The highest BCUT2D eigenvalue weighted by Crippen LogP contribution is 2.19. The topological polar surface area (TPSA) is 74.0 Å². The summed E-state index contributed by atoms with van der Waals surface area (Å²) in [6.45, 7) is 4.21. The maximum absolute atomic E-state index is 11.8. The number of anilines is 1. The Morgan fingerprint density at radius 2 is 2.21 bits per heavy atom. The van der Waals surface area contributed by atoms with Gasteiger partial charge in [0.1, 0.15) is 12.1 Å². The number of oxazole rings is 1. The molecule has 19 heavy (non-hydrogen) atoms. The first-order valence-electron chi connectivity index (χ1n) is 5.86. The van der Waals surface area contributed by atoms with E-state index >= 15 is 0 Å². The number of nitrogens with two attached hydrogens (primary N) is 1. The molecule has 3 aromatic rings. The molecule has 0 radical (unpaired) electrons. The van der Waals surface area contributed by atoms with Gasteiger partial charge in [-0.25, -0.2) is 4.98 Å². The van der Waals surface area contributed by atoms with Crippen molar-refractivity contribution in [3.63, 3.8) is 0 Å². The number of benzene rings is 1. The molecule has 0 fully saturated rings. The molecule has 2 aromatic heterocycles. The predicted octanol–water partition coefficient (Wildman–Crippen LogP) is 2.30. The summed E-state index contributed by atoms with van der Waals surface area (Å²) in [4.78, 5) is 17.2. The van der Waals surface area contributed by atoms with Crippen molar-refractivity contribution in [2.75, 3.05) is 5.73 Å². The van der Waals surface area contributed by atoms with E-state index in [2.05, 4.69) is 4.98 Å². The van der Waals surface area contributed by atoms with Gasteiger partial charge in [0.25, 0.3) is 0 Å². The molecule has 0 bridgehead atoms. The number of hydrogen-bond acceptors (Lipinski definition) is 5. The van der Waals surface area contributed by atoms with Crippen LogP contribution in [-0.4, -0.2) is 9.55 Å². The van der Waals surface area contributed by atoms with Gasteiger partial charge in [-0.2, -0.15) is 0 Å². The third kappa shape index (κ3) is 2.04.